The summed E-state index contributed by atoms with van der Waals surface area (Å²) >= 11 is 2.31. The summed E-state index contributed by atoms with van der Waals surface area (Å²) in [6.45, 7) is 2.10. The van der Waals surface area contributed by atoms with Gasteiger partial charge in [0.1, 0.15) is 11.1 Å². The highest BCUT2D eigenvalue weighted by Gasteiger charge is 2.18. The number of aryl methyl sites for hydroxylation is 1. The zero-order chi connectivity index (χ0) is 17.8. The molecule has 0 aliphatic carbocycles. The molecule has 2 aromatic heterocycles. The second kappa shape index (κ2) is 7.81. The lowest BCUT2D eigenvalue weighted by Gasteiger charge is -2.15. The van der Waals surface area contributed by atoms with Crippen LogP contribution in [0, 0.1) is 3.57 Å². The number of aromatic nitrogens is 3. The molecular formula is C18H19IN4O2. The fourth-order valence-corrected chi connectivity index (χ4v) is 3.01. The summed E-state index contributed by atoms with van der Waals surface area (Å²) in [5, 5.41) is 7.58. The van der Waals surface area contributed by atoms with E-state index in [0.29, 0.717) is 16.9 Å². The first-order chi connectivity index (χ1) is 12.1. The molecule has 1 N–H and O–H groups in total. The van der Waals surface area contributed by atoms with Gasteiger partial charge < -0.3 is 10.1 Å². The molecule has 0 spiro atoms. The summed E-state index contributed by atoms with van der Waals surface area (Å²) in [5.74, 6) is 0.216. The van der Waals surface area contributed by atoms with E-state index in [2.05, 4.69) is 69.2 Å². The average Bonchev–Trinajstić information content (AvgIpc) is 3.06. The lowest BCUT2D eigenvalue weighted by molar-refractivity contribution is 0.0603. The van der Waals surface area contributed by atoms with Crippen LogP contribution in [0.4, 0.5) is 5.82 Å². The van der Waals surface area contributed by atoms with Gasteiger partial charge in [-0.25, -0.2) is 14.3 Å². The Balaban J connectivity index is 1.74. The fraction of sp³-hybridized carbons (Fsp3) is 0.278. The van der Waals surface area contributed by atoms with Gasteiger partial charge in [-0.05, 0) is 60.1 Å². The van der Waals surface area contributed by atoms with E-state index in [1.165, 1.54) is 22.4 Å². The lowest BCUT2D eigenvalue weighted by atomic mass is 10.1. The van der Waals surface area contributed by atoms with Gasteiger partial charge in [-0.1, -0.05) is 12.1 Å². The number of hydrogen-bond acceptors (Lipinski definition) is 5. The first kappa shape index (κ1) is 17.7. The third-order valence-corrected chi connectivity index (χ3v) is 4.72. The topological polar surface area (TPSA) is 68.5 Å². The number of hydrogen-bond donors (Lipinski definition) is 1. The summed E-state index contributed by atoms with van der Waals surface area (Å²) in [5.41, 5.74) is 2.35. The second-order valence-corrected chi connectivity index (χ2v) is 7.08. The number of halogens is 1. The van der Waals surface area contributed by atoms with Crippen molar-refractivity contribution < 1.29 is 9.53 Å². The molecule has 2 heterocycles. The van der Waals surface area contributed by atoms with Gasteiger partial charge >= 0.3 is 5.97 Å². The molecule has 0 saturated carbocycles. The Labute approximate surface area is 159 Å². The van der Waals surface area contributed by atoms with Crippen LogP contribution in [-0.2, 0) is 11.2 Å². The van der Waals surface area contributed by atoms with Crippen LogP contribution in [-0.4, -0.2) is 33.7 Å². The standard InChI is InChI=1S/C18H19IN4O2/c1-12(3-4-13-5-7-14(19)8-6-13)22-17-16-15(18(24)25-2)11-21-23(16)10-9-20-17/h5-12H,3-4H2,1-2H3,(H,20,22). The van der Waals surface area contributed by atoms with Crippen LogP contribution in [0.2, 0.25) is 0 Å². The first-order valence-electron chi connectivity index (χ1n) is 8.00. The molecule has 7 heteroatoms. The molecule has 0 amide bonds. The molecule has 0 bridgehead atoms. The monoisotopic (exact) mass is 450 g/mol. The van der Waals surface area contributed by atoms with E-state index in [0.717, 1.165) is 12.8 Å². The lowest BCUT2D eigenvalue weighted by Crippen LogP contribution is -2.18. The van der Waals surface area contributed by atoms with Crippen molar-refractivity contribution in [1.29, 1.82) is 0 Å². The maximum Gasteiger partial charge on any atom is 0.341 e. The minimum absolute atomic E-state index is 0.193. The van der Waals surface area contributed by atoms with Gasteiger partial charge in [-0.2, -0.15) is 5.10 Å². The van der Waals surface area contributed by atoms with Crippen LogP contribution in [0.1, 0.15) is 29.3 Å². The van der Waals surface area contributed by atoms with Crippen molar-refractivity contribution in [2.24, 2.45) is 0 Å². The van der Waals surface area contributed by atoms with E-state index >= 15 is 0 Å². The number of fused-ring (bicyclic) bond motifs is 1. The zero-order valence-electron chi connectivity index (χ0n) is 14.1. The number of anilines is 1. The van der Waals surface area contributed by atoms with E-state index in [4.69, 9.17) is 4.74 Å². The highest BCUT2D eigenvalue weighted by Crippen LogP contribution is 2.21. The Hall–Kier alpha value is -2.16. The predicted molar refractivity (Wildman–Crippen MR) is 105 cm³/mol. The number of carbonyl (C=O) groups is 1. The smallest absolute Gasteiger partial charge is 0.341 e. The maximum absolute atomic E-state index is 11.9. The minimum atomic E-state index is -0.419. The van der Waals surface area contributed by atoms with Gasteiger partial charge in [0.25, 0.3) is 0 Å². The Morgan fingerprint density at radius 2 is 2.12 bits per heavy atom. The van der Waals surface area contributed by atoms with Crippen molar-refractivity contribution in [3.05, 3.63) is 57.6 Å². The molecular weight excluding hydrogens is 431 g/mol. The quantitative estimate of drug-likeness (QED) is 0.460. The Morgan fingerprint density at radius 3 is 2.84 bits per heavy atom. The highest BCUT2D eigenvalue weighted by molar-refractivity contribution is 14.1. The van der Waals surface area contributed by atoms with Gasteiger partial charge in [0.05, 0.1) is 13.3 Å². The Morgan fingerprint density at radius 1 is 1.36 bits per heavy atom. The molecule has 0 fully saturated rings. The molecule has 1 aromatic carbocycles. The van der Waals surface area contributed by atoms with Crippen LogP contribution in [0.5, 0.6) is 0 Å². The number of carbonyl (C=O) groups excluding carboxylic acids is 1. The summed E-state index contributed by atoms with van der Waals surface area (Å²) in [6, 6.07) is 8.73. The molecule has 0 saturated heterocycles. The fourth-order valence-electron chi connectivity index (χ4n) is 2.65. The van der Waals surface area contributed by atoms with Crippen LogP contribution < -0.4 is 5.32 Å². The highest BCUT2D eigenvalue weighted by atomic mass is 127. The minimum Gasteiger partial charge on any atom is -0.465 e. The van der Waals surface area contributed by atoms with Crippen molar-refractivity contribution in [1.82, 2.24) is 14.6 Å². The molecule has 6 nitrogen and oxygen atoms in total. The van der Waals surface area contributed by atoms with Gasteiger partial charge in [0, 0.05) is 22.0 Å². The normalized spacial score (nSPS) is 12.1. The van der Waals surface area contributed by atoms with Gasteiger partial charge in [0.15, 0.2) is 5.82 Å². The SMILES string of the molecule is COC(=O)c1cnn2ccnc(NC(C)CCc3ccc(I)cc3)c12. The third kappa shape index (κ3) is 4.09. The van der Waals surface area contributed by atoms with Gasteiger partial charge in [-0.3, -0.25) is 0 Å². The first-order valence-corrected chi connectivity index (χ1v) is 9.08. The van der Waals surface area contributed by atoms with Crippen molar-refractivity contribution in [3.8, 4) is 0 Å². The number of benzene rings is 1. The second-order valence-electron chi connectivity index (χ2n) is 5.83. The molecule has 0 radical (unpaired) electrons. The summed E-state index contributed by atoms with van der Waals surface area (Å²) < 4.78 is 7.70. The summed E-state index contributed by atoms with van der Waals surface area (Å²) in [6.07, 6.45) is 6.80. The number of nitrogens with zero attached hydrogens (tertiary/aromatic N) is 3. The number of methoxy groups -OCH3 is 1. The number of nitrogens with one attached hydrogen (secondary N) is 1. The molecule has 130 valence electrons. The van der Waals surface area contributed by atoms with E-state index in [9.17, 15) is 4.79 Å². The molecule has 3 rings (SSSR count). The van der Waals surface area contributed by atoms with E-state index < -0.39 is 5.97 Å². The molecule has 25 heavy (non-hydrogen) atoms. The number of esters is 1. The van der Waals surface area contributed by atoms with Crippen LogP contribution in [0.3, 0.4) is 0 Å². The number of ether oxygens (including phenoxy) is 1. The van der Waals surface area contributed by atoms with Gasteiger partial charge in [-0.15, -0.1) is 0 Å². The van der Waals surface area contributed by atoms with E-state index in [1.807, 2.05) is 0 Å². The maximum atomic E-state index is 11.9. The van der Waals surface area contributed by atoms with Crippen molar-refractivity contribution in [2.45, 2.75) is 25.8 Å². The molecule has 1 atom stereocenters. The van der Waals surface area contributed by atoms with Crippen molar-refractivity contribution in [2.75, 3.05) is 12.4 Å². The van der Waals surface area contributed by atoms with Crippen LogP contribution in [0.25, 0.3) is 5.52 Å². The largest absolute Gasteiger partial charge is 0.465 e. The average molecular weight is 450 g/mol. The third-order valence-electron chi connectivity index (χ3n) is 4.00. The van der Waals surface area contributed by atoms with Crippen molar-refractivity contribution >= 4 is 39.9 Å². The molecule has 1 unspecified atom stereocenters. The number of rotatable bonds is 6. The molecule has 3 aromatic rings. The van der Waals surface area contributed by atoms with E-state index in [-0.39, 0.29) is 6.04 Å². The van der Waals surface area contributed by atoms with Gasteiger partial charge in [0.2, 0.25) is 0 Å². The summed E-state index contributed by atoms with van der Waals surface area (Å²) in [7, 11) is 1.36. The molecule has 0 aliphatic rings. The summed E-state index contributed by atoms with van der Waals surface area (Å²) in [4.78, 5) is 16.3. The Bertz CT molecular complexity index is 876. The zero-order valence-corrected chi connectivity index (χ0v) is 16.2. The van der Waals surface area contributed by atoms with E-state index in [1.54, 1.807) is 16.9 Å². The molecule has 0 aliphatic heterocycles. The van der Waals surface area contributed by atoms with Crippen LogP contribution >= 0.6 is 22.6 Å². The van der Waals surface area contributed by atoms with Crippen LogP contribution in [0.15, 0.2) is 42.9 Å². The predicted octanol–water partition coefficient (Wildman–Crippen LogP) is 3.55. The van der Waals surface area contributed by atoms with Crippen molar-refractivity contribution in [3.63, 3.8) is 0 Å². The Kier molecular flexibility index (Phi) is 5.52.